The molecule has 2 aromatic heterocycles. The Bertz CT molecular complexity index is 857. The summed E-state index contributed by atoms with van der Waals surface area (Å²) in [5, 5.41) is 2.84. The number of nitrogen functional groups attached to an aromatic ring is 1. The van der Waals surface area contributed by atoms with Crippen LogP contribution in [-0.4, -0.2) is 15.9 Å². The number of carbonyl (C=O) groups is 1. The summed E-state index contributed by atoms with van der Waals surface area (Å²) in [4.78, 5) is 20.7. The van der Waals surface area contributed by atoms with Crippen molar-refractivity contribution in [1.82, 2.24) is 9.97 Å². The van der Waals surface area contributed by atoms with E-state index in [0.29, 0.717) is 11.6 Å². The third-order valence-electron chi connectivity index (χ3n) is 3.66. The van der Waals surface area contributed by atoms with E-state index in [0.717, 1.165) is 16.8 Å². The van der Waals surface area contributed by atoms with E-state index in [1.807, 2.05) is 32.0 Å². The highest BCUT2D eigenvalue weighted by Crippen LogP contribution is 2.21. The number of benzene rings is 1. The Morgan fingerprint density at radius 1 is 1.22 bits per heavy atom. The first-order valence-electron chi connectivity index (χ1n) is 7.10. The molecule has 6 heteroatoms. The minimum absolute atomic E-state index is 0.106. The smallest absolute Gasteiger partial charge is 0.260 e. The second-order valence-electron chi connectivity index (χ2n) is 5.17. The van der Waals surface area contributed by atoms with Gasteiger partial charge < -0.3 is 15.5 Å². The molecule has 23 heavy (non-hydrogen) atoms. The summed E-state index contributed by atoms with van der Waals surface area (Å²) in [6.45, 7) is 3.94. The van der Waals surface area contributed by atoms with Crippen molar-refractivity contribution in [3.63, 3.8) is 0 Å². The third kappa shape index (κ3) is 2.91. The molecule has 3 N–H and O–H groups in total. The Labute approximate surface area is 133 Å². The maximum absolute atomic E-state index is 12.4. The first-order chi connectivity index (χ1) is 11.1. The molecular weight excluding hydrogens is 292 g/mol. The van der Waals surface area contributed by atoms with Gasteiger partial charge in [0.15, 0.2) is 11.6 Å². The van der Waals surface area contributed by atoms with Crippen molar-refractivity contribution in [2.24, 2.45) is 0 Å². The van der Waals surface area contributed by atoms with E-state index in [1.54, 1.807) is 12.1 Å². The van der Waals surface area contributed by atoms with Crippen LogP contribution in [0.3, 0.4) is 0 Å². The Morgan fingerprint density at radius 2 is 2.04 bits per heavy atom. The summed E-state index contributed by atoms with van der Waals surface area (Å²) >= 11 is 0. The summed E-state index contributed by atoms with van der Waals surface area (Å²) in [6.07, 6.45) is 2.93. The van der Waals surface area contributed by atoms with Gasteiger partial charge in [0.05, 0.1) is 6.26 Å². The second-order valence-corrected chi connectivity index (χ2v) is 5.17. The standard InChI is InChI=1S/C17H16N4O2/c1-10-5-3-6-13(11(10)2)20-17(22)12-9-19-16(21-15(12)18)14-7-4-8-23-14/h3-9H,1-2H3,(H,20,22)(H2,18,19,21). The van der Waals surface area contributed by atoms with E-state index in [1.165, 1.54) is 12.5 Å². The molecule has 0 bridgehead atoms. The van der Waals surface area contributed by atoms with E-state index < -0.39 is 0 Å². The molecule has 116 valence electrons. The molecule has 0 aliphatic heterocycles. The predicted molar refractivity (Wildman–Crippen MR) is 88.0 cm³/mol. The molecule has 0 aliphatic rings. The van der Waals surface area contributed by atoms with Crippen LogP contribution in [0, 0.1) is 13.8 Å². The van der Waals surface area contributed by atoms with Crippen LogP contribution in [0.5, 0.6) is 0 Å². The first kappa shape index (κ1) is 14.8. The number of furan rings is 1. The average molecular weight is 308 g/mol. The van der Waals surface area contributed by atoms with Crippen molar-refractivity contribution in [3.05, 3.63) is 59.5 Å². The van der Waals surface area contributed by atoms with Gasteiger partial charge in [0, 0.05) is 11.9 Å². The van der Waals surface area contributed by atoms with E-state index in [-0.39, 0.29) is 17.3 Å². The molecule has 0 unspecified atom stereocenters. The van der Waals surface area contributed by atoms with Crippen LogP contribution < -0.4 is 11.1 Å². The minimum Gasteiger partial charge on any atom is -0.461 e. The normalized spacial score (nSPS) is 10.5. The van der Waals surface area contributed by atoms with Gasteiger partial charge in [0.1, 0.15) is 11.4 Å². The lowest BCUT2D eigenvalue weighted by Gasteiger charge is -2.11. The Hall–Kier alpha value is -3.15. The van der Waals surface area contributed by atoms with Gasteiger partial charge in [0.25, 0.3) is 5.91 Å². The van der Waals surface area contributed by atoms with Crippen molar-refractivity contribution in [2.45, 2.75) is 13.8 Å². The number of rotatable bonds is 3. The van der Waals surface area contributed by atoms with Gasteiger partial charge in [-0.05, 0) is 43.2 Å². The number of nitrogens with two attached hydrogens (primary N) is 1. The van der Waals surface area contributed by atoms with Crippen LogP contribution in [0.1, 0.15) is 21.5 Å². The molecular formula is C17H16N4O2. The molecule has 0 spiro atoms. The highest BCUT2D eigenvalue weighted by atomic mass is 16.3. The van der Waals surface area contributed by atoms with Gasteiger partial charge in [0.2, 0.25) is 0 Å². The molecule has 3 rings (SSSR count). The highest BCUT2D eigenvalue weighted by molar-refractivity contribution is 6.07. The number of carbonyl (C=O) groups excluding carboxylic acids is 1. The largest absolute Gasteiger partial charge is 0.461 e. The van der Waals surface area contributed by atoms with Crippen molar-refractivity contribution in [1.29, 1.82) is 0 Å². The fraction of sp³-hybridized carbons (Fsp3) is 0.118. The van der Waals surface area contributed by atoms with Crippen molar-refractivity contribution in [3.8, 4) is 11.6 Å². The molecule has 3 aromatic rings. The fourth-order valence-electron chi connectivity index (χ4n) is 2.17. The van der Waals surface area contributed by atoms with Crippen LogP contribution in [0.2, 0.25) is 0 Å². The highest BCUT2D eigenvalue weighted by Gasteiger charge is 2.15. The fourth-order valence-corrected chi connectivity index (χ4v) is 2.17. The number of hydrogen-bond donors (Lipinski definition) is 2. The quantitative estimate of drug-likeness (QED) is 0.775. The van der Waals surface area contributed by atoms with Crippen LogP contribution >= 0.6 is 0 Å². The molecule has 1 amide bonds. The summed E-state index contributed by atoms with van der Waals surface area (Å²) in [6, 6.07) is 9.17. The summed E-state index contributed by atoms with van der Waals surface area (Å²) in [5.74, 6) is 0.602. The zero-order chi connectivity index (χ0) is 16.4. The summed E-state index contributed by atoms with van der Waals surface area (Å²) < 4.78 is 5.22. The molecule has 0 atom stereocenters. The first-order valence-corrected chi connectivity index (χ1v) is 7.10. The van der Waals surface area contributed by atoms with E-state index >= 15 is 0 Å². The molecule has 2 heterocycles. The minimum atomic E-state index is -0.345. The van der Waals surface area contributed by atoms with Gasteiger partial charge in [-0.2, -0.15) is 0 Å². The number of amides is 1. The lowest BCUT2D eigenvalue weighted by atomic mass is 10.1. The zero-order valence-corrected chi connectivity index (χ0v) is 12.8. The number of aromatic nitrogens is 2. The van der Waals surface area contributed by atoms with Crippen molar-refractivity contribution >= 4 is 17.4 Å². The predicted octanol–water partition coefficient (Wildman–Crippen LogP) is 3.19. The van der Waals surface area contributed by atoms with Gasteiger partial charge in [-0.25, -0.2) is 9.97 Å². The molecule has 0 aliphatic carbocycles. The van der Waals surface area contributed by atoms with Gasteiger partial charge in [-0.1, -0.05) is 12.1 Å². The molecule has 6 nitrogen and oxygen atoms in total. The average Bonchev–Trinajstić information content (AvgIpc) is 3.06. The molecule has 0 saturated heterocycles. The molecule has 0 radical (unpaired) electrons. The van der Waals surface area contributed by atoms with E-state index in [2.05, 4.69) is 15.3 Å². The van der Waals surface area contributed by atoms with Crippen LogP contribution in [0.25, 0.3) is 11.6 Å². The SMILES string of the molecule is Cc1cccc(NC(=O)c2cnc(-c3ccco3)nc2N)c1C. The third-order valence-corrected chi connectivity index (χ3v) is 3.66. The van der Waals surface area contributed by atoms with Crippen molar-refractivity contribution in [2.75, 3.05) is 11.1 Å². The van der Waals surface area contributed by atoms with E-state index in [4.69, 9.17) is 10.2 Å². The Kier molecular flexibility index (Phi) is 3.80. The maximum atomic E-state index is 12.4. The molecule has 0 fully saturated rings. The Morgan fingerprint density at radius 3 is 2.74 bits per heavy atom. The second kappa shape index (κ2) is 5.92. The topological polar surface area (TPSA) is 94.0 Å². The van der Waals surface area contributed by atoms with Crippen molar-refractivity contribution < 1.29 is 9.21 Å². The number of nitrogens with zero attached hydrogens (tertiary/aromatic N) is 2. The van der Waals surface area contributed by atoms with E-state index in [9.17, 15) is 4.79 Å². The lowest BCUT2D eigenvalue weighted by molar-refractivity contribution is 0.102. The molecule has 1 aromatic carbocycles. The van der Waals surface area contributed by atoms with Crippen LogP contribution in [0.15, 0.2) is 47.2 Å². The van der Waals surface area contributed by atoms with Crippen LogP contribution in [-0.2, 0) is 0 Å². The number of nitrogens with one attached hydrogen (secondary N) is 1. The number of anilines is 2. The van der Waals surface area contributed by atoms with Gasteiger partial charge in [-0.15, -0.1) is 0 Å². The Balaban J connectivity index is 1.87. The van der Waals surface area contributed by atoms with Gasteiger partial charge in [-0.3, -0.25) is 4.79 Å². The van der Waals surface area contributed by atoms with Gasteiger partial charge >= 0.3 is 0 Å². The lowest BCUT2D eigenvalue weighted by Crippen LogP contribution is -2.16. The van der Waals surface area contributed by atoms with Crippen LogP contribution in [0.4, 0.5) is 11.5 Å². The summed E-state index contributed by atoms with van der Waals surface area (Å²) in [7, 11) is 0. The molecule has 0 saturated carbocycles. The maximum Gasteiger partial charge on any atom is 0.260 e. The number of aryl methyl sites for hydroxylation is 1. The monoisotopic (exact) mass is 308 g/mol. The zero-order valence-electron chi connectivity index (χ0n) is 12.8. The summed E-state index contributed by atoms with van der Waals surface area (Å²) in [5.41, 5.74) is 8.96. The number of hydrogen-bond acceptors (Lipinski definition) is 5.